The van der Waals surface area contributed by atoms with E-state index in [-0.39, 0.29) is 18.4 Å². The molecular weight excluding hydrogens is 260 g/mol. The lowest BCUT2D eigenvalue weighted by molar-refractivity contribution is -0.142. The largest absolute Gasteiger partial charge is 0.481 e. The summed E-state index contributed by atoms with van der Waals surface area (Å²) in [5, 5.41) is 9.36. The van der Waals surface area contributed by atoms with Gasteiger partial charge >= 0.3 is 5.97 Å². The van der Waals surface area contributed by atoms with Crippen LogP contribution in [0.25, 0.3) is 0 Å². The zero-order chi connectivity index (χ0) is 14.3. The maximum absolute atomic E-state index is 12.1. The SMILES string of the molecule is COc1ccc(C2C(C(=O)O)CC(=O)N2C2CC2)cn1. The maximum atomic E-state index is 12.1. The zero-order valence-electron chi connectivity index (χ0n) is 11.2. The van der Waals surface area contributed by atoms with Gasteiger partial charge in [-0.3, -0.25) is 9.59 Å². The second-order valence-corrected chi connectivity index (χ2v) is 5.26. The van der Waals surface area contributed by atoms with Crippen LogP contribution in [0.5, 0.6) is 5.88 Å². The van der Waals surface area contributed by atoms with Crippen LogP contribution in [0.4, 0.5) is 0 Å². The average molecular weight is 276 g/mol. The lowest BCUT2D eigenvalue weighted by Crippen LogP contribution is -2.32. The van der Waals surface area contributed by atoms with E-state index in [1.54, 1.807) is 23.2 Å². The van der Waals surface area contributed by atoms with Gasteiger partial charge in [0.05, 0.1) is 19.1 Å². The first kappa shape index (κ1) is 12.9. The molecule has 3 rings (SSSR count). The molecule has 2 heterocycles. The summed E-state index contributed by atoms with van der Waals surface area (Å²) in [7, 11) is 1.53. The number of carbonyl (C=O) groups is 2. The molecule has 0 spiro atoms. The fourth-order valence-electron chi connectivity index (χ4n) is 2.84. The molecule has 1 aliphatic carbocycles. The molecule has 1 amide bonds. The van der Waals surface area contributed by atoms with Crippen molar-refractivity contribution in [2.24, 2.45) is 5.92 Å². The van der Waals surface area contributed by atoms with E-state index in [0.717, 1.165) is 18.4 Å². The van der Waals surface area contributed by atoms with Crippen LogP contribution in [0.3, 0.4) is 0 Å². The number of ether oxygens (including phenoxy) is 1. The molecule has 6 heteroatoms. The number of rotatable bonds is 4. The molecule has 20 heavy (non-hydrogen) atoms. The minimum Gasteiger partial charge on any atom is -0.481 e. The third-order valence-corrected chi connectivity index (χ3v) is 3.93. The van der Waals surface area contributed by atoms with Gasteiger partial charge in [0.1, 0.15) is 0 Å². The molecule has 1 saturated heterocycles. The Kier molecular flexibility index (Phi) is 3.08. The molecule has 0 bridgehead atoms. The summed E-state index contributed by atoms with van der Waals surface area (Å²) < 4.78 is 5.01. The number of carboxylic acid groups (broad SMARTS) is 1. The second kappa shape index (κ2) is 4.77. The van der Waals surface area contributed by atoms with E-state index in [9.17, 15) is 14.7 Å². The number of pyridine rings is 1. The van der Waals surface area contributed by atoms with Gasteiger partial charge in [-0.2, -0.15) is 0 Å². The van der Waals surface area contributed by atoms with Gasteiger partial charge in [0.2, 0.25) is 11.8 Å². The molecule has 6 nitrogen and oxygen atoms in total. The van der Waals surface area contributed by atoms with Crippen molar-refractivity contribution in [1.29, 1.82) is 0 Å². The van der Waals surface area contributed by atoms with E-state index >= 15 is 0 Å². The summed E-state index contributed by atoms with van der Waals surface area (Å²) >= 11 is 0. The minimum absolute atomic E-state index is 0.0688. The van der Waals surface area contributed by atoms with Crippen molar-refractivity contribution in [2.45, 2.75) is 31.3 Å². The van der Waals surface area contributed by atoms with Crippen LogP contribution in [0.1, 0.15) is 30.9 Å². The Bertz CT molecular complexity index is 539. The highest BCUT2D eigenvalue weighted by atomic mass is 16.5. The fourth-order valence-corrected chi connectivity index (χ4v) is 2.84. The number of carbonyl (C=O) groups excluding carboxylic acids is 1. The molecular formula is C14H16N2O4. The Balaban J connectivity index is 1.95. The minimum atomic E-state index is -0.928. The molecule has 0 radical (unpaired) electrons. The molecule has 2 unspecified atom stereocenters. The fraction of sp³-hybridized carbons (Fsp3) is 0.500. The summed E-state index contributed by atoms with van der Waals surface area (Å²) in [5.74, 6) is -1.22. The molecule has 106 valence electrons. The van der Waals surface area contributed by atoms with Crippen molar-refractivity contribution in [1.82, 2.24) is 9.88 Å². The van der Waals surface area contributed by atoms with Crippen LogP contribution in [-0.4, -0.2) is 40.0 Å². The molecule has 2 atom stereocenters. The topological polar surface area (TPSA) is 79.7 Å². The lowest BCUT2D eigenvalue weighted by Gasteiger charge is -2.27. The monoisotopic (exact) mass is 276 g/mol. The Hall–Kier alpha value is -2.11. The molecule has 1 N–H and O–H groups in total. The average Bonchev–Trinajstić information content (AvgIpc) is 3.22. The van der Waals surface area contributed by atoms with Crippen LogP contribution in [0, 0.1) is 5.92 Å². The Morgan fingerprint density at radius 3 is 2.70 bits per heavy atom. The number of aromatic nitrogens is 1. The number of amides is 1. The smallest absolute Gasteiger partial charge is 0.309 e. The predicted octanol–water partition coefficient (Wildman–Crippen LogP) is 1.23. The van der Waals surface area contributed by atoms with Crippen molar-refractivity contribution in [3.8, 4) is 5.88 Å². The highest BCUT2D eigenvalue weighted by Crippen LogP contribution is 2.44. The molecule has 1 aromatic heterocycles. The number of methoxy groups -OCH3 is 1. The van der Waals surface area contributed by atoms with Crippen molar-refractivity contribution in [3.63, 3.8) is 0 Å². The Morgan fingerprint density at radius 1 is 1.45 bits per heavy atom. The summed E-state index contributed by atoms with van der Waals surface area (Å²) in [6, 6.07) is 3.27. The lowest BCUT2D eigenvalue weighted by atomic mass is 9.95. The highest BCUT2D eigenvalue weighted by Gasteiger charge is 2.49. The normalized spacial score (nSPS) is 25.9. The predicted molar refractivity (Wildman–Crippen MR) is 69.1 cm³/mol. The van der Waals surface area contributed by atoms with Gasteiger partial charge in [-0.25, -0.2) is 4.98 Å². The number of aliphatic carboxylic acids is 1. The van der Waals surface area contributed by atoms with E-state index in [1.807, 2.05) is 0 Å². The number of hydrogen-bond acceptors (Lipinski definition) is 4. The summed E-state index contributed by atoms with van der Waals surface area (Å²) in [5.41, 5.74) is 0.760. The molecule has 1 aromatic rings. The van der Waals surface area contributed by atoms with E-state index < -0.39 is 17.9 Å². The van der Waals surface area contributed by atoms with E-state index in [0.29, 0.717) is 5.88 Å². The van der Waals surface area contributed by atoms with Crippen LogP contribution < -0.4 is 4.74 Å². The molecule has 2 fully saturated rings. The van der Waals surface area contributed by atoms with Crippen molar-refractivity contribution in [2.75, 3.05) is 7.11 Å². The molecule has 2 aliphatic rings. The second-order valence-electron chi connectivity index (χ2n) is 5.26. The van der Waals surface area contributed by atoms with Crippen molar-refractivity contribution >= 4 is 11.9 Å². The third-order valence-electron chi connectivity index (χ3n) is 3.93. The van der Waals surface area contributed by atoms with Crippen LogP contribution >= 0.6 is 0 Å². The first-order valence-corrected chi connectivity index (χ1v) is 6.65. The van der Waals surface area contributed by atoms with Crippen LogP contribution in [0.15, 0.2) is 18.3 Å². The van der Waals surface area contributed by atoms with Gasteiger partial charge in [0.25, 0.3) is 0 Å². The maximum Gasteiger partial charge on any atom is 0.309 e. The van der Waals surface area contributed by atoms with Gasteiger partial charge in [-0.15, -0.1) is 0 Å². The molecule has 1 saturated carbocycles. The van der Waals surface area contributed by atoms with Crippen LogP contribution in [0.2, 0.25) is 0 Å². The Labute approximate surface area is 116 Å². The van der Waals surface area contributed by atoms with E-state index in [1.165, 1.54) is 7.11 Å². The van der Waals surface area contributed by atoms with Crippen LogP contribution in [-0.2, 0) is 9.59 Å². The summed E-state index contributed by atoms with van der Waals surface area (Å²) in [6.45, 7) is 0. The first-order valence-electron chi connectivity index (χ1n) is 6.65. The van der Waals surface area contributed by atoms with E-state index in [4.69, 9.17) is 4.74 Å². The highest BCUT2D eigenvalue weighted by molar-refractivity contribution is 5.87. The zero-order valence-corrected chi connectivity index (χ0v) is 11.2. The van der Waals surface area contributed by atoms with Crippen molar-refractivity contribution < 1.29 is 19.4 Å². The standard InChI is InChI=1S/C14H16N2O4/c1-20-11-5-2-8(7-15-11)13-10(14(18)19)6-12(17)16(13)9-3-4-9/h2,5,7,9-10,13H,3-4,6H2,1H3,(H,18,19). The number of hydrogen-bond donors (Lipinski definition) is 1. The number of likely N-dealkylation sites (tertiary alicyclic amines) is 1. The van der Waals surface area contributed by atoms with Gasteiger partial charge in [-0.05, 0) is 18.4 Å². The summed E-state index contributed by atoms with van der Waals surface area (Å²) in [4.78, 5) is 29.4. The van der Waals surface area contributed by atoms with E-state index in [2.05, 4.69) is 4.98 Å². The molecule has 0 aromatic carbocycles. The van der Waals surface area contributed by atoms with Gasteiger partial charge in [0, 0.05) is 24.7 Å². The Morgan fingerprint density at radius 2 is 2.20 bits per heavy atom. The quantitative estimate of drug-likeness (QED) is 0.894. The molecule has 1 aliphatic heterocycles. The van der Waals surface area contributed by atoms with Gasteiger partial charge in [-0.1, -0.05) is 6.07 Å². The van der Waals surface area contributed by atoms with Gasteiger partial charge < -0.3 is 14.7 Å². The number of carboxylic acids is 1. The van der Waals surface area contributed by atoms with Gasteiger partial charge in [0.15, 0.2) is 0 Å². The van der Waals surface area contributed by atoms with Crippen molar-refractivity contribution in [3.05, 3.63) is 23.9 Å². The first-order chi connectivity index (χ1) is 9.61. The third kappa shape index (κ3) is 2.11. The number of nitrogens with zero attached hydrogens (tertiary/aromatic N) is 2. The summed E-state index contributed by atoms with van der Waals surface area (Å²) in [6.07, 6.45) is 3.59.